The van der Waals surface area contributed by atoms with E-state index in [1.165, 1.54) is 36.8 Å². The van der Waals surface area contributed by atoms with Crippen molar-refractivity contribution in [3.63, 3.8) is 0 Å². The number of nitrogens with one attached hydrogen (secondary N) is 2. The first-order valence-corrected chi connectivity index (χ1v) is 11.3. The fourth-order valence-corrected chi connectivity index (χ4v) is 3.86. The first-order valence-electron chi connectivity index (χ1n) is 11.0. The Kier molecular flexibility index (Phi) is 7.67. The van der Waals surface area contributed by atoms with E-state index in [0.29, 0.717) is 34.0 Å². The second-order valence-corrected chi connectivity index (χ2v) is 8.57. The zero-order chi connectivity index (χ0) is 25.7. The first-order chi connectivity index (χ1) is 17.3. The van der Waals surface area contributed by atoms with Crippen molar-refractivity contribution in [2.45, 2.75) is 24.9 Å². The lowest BCUT2D eigenvalue weighted by Crippen LogP contribution is -2.43. The summed E-state index contributed by atoms with van der Waals surface area (Å²) in [6, 6.07) is 11.1. The lowest BCUT2D eigenvalue weighted by Gasteiger charge is -2.20. The van der Waals surface area contributed by atoms with E-state index in [-0.39, 0.29) is 12.1 Å². The zero-order valence-corrected chi connectivity index (χ0v) is 19.6. The molecule has 11 heteroatoms. The van der Waals surface area contributed by atoms with Crippen LogP contribution in [0.4, 0.5) is 4.39 Å². The second-order valence-electron chi connectivity index (χ2n) is 8.13. The number of hydrogen-bond donors (Lipinski definition) is 4. The number of aromatic amines is 1. The summed E-state index contributed by atoms with van der Waals surface area (Å²) in [7, 11) is 0. The number of nitrogens with zero attached hydrogens (tertiary/aromatic N) is 3. The minimum atomic E-state index is -1.17. The van der Waals surface area contributed by atoms with Crippen LogP contribution in [-0.2, 0) is 11.2 Å². The Morgan fingerprint density at radius 1 is 1.11 bits per heavy atom. The molecule has 0 saturated heterocycles. The summed E-state index contributed by atoms with van der Waals surface area (Å²) in [4.78, 5) is 32.4. The molecule has 2 aromatic carbocycles. The molecule has 2 heterocycles. The van der Waals surface area contributed by atoms with Crippen LogP contribution in [0.2, 0.25) is 5.02 Å². The van der Waals surface area contributed by atoms with Crippen LogP contribution in [0, 0.1) is 5.82 Å². The highest BCUT2D eigenvalue weighted by molar-refractivity contribution is 6.30. The normalized spacial score (nSPS) is 12.6. The Bertz CT molecular complexity index is 1360. The number of carbonyl (C=O) groups is 2. The summed E-state index contributed by atoms with van der Waals surface area (Å²) in [5, 5.41) is 19.3. The second kappa shape index (κ2) is 11.1. The van der Waals surface area contributed by atoms with Crippen LogP contribution in [0.25, 0.3) is 22.5 Å². The number of nitrogens with two attached hydrogens (primary N) is 1. The third kappa shape index (κ3) is 6.09. The highest BCUT2D eigenvalue weighted by Crippen LogP contribution is 2.26. The maximum Gasteiger partial charge on any atom is 0.320 e. The fraction of sp³-hybridized carbons (Fsp3) is 0.160. The molecule has 4 aromatic rings. The number of aromatic nitrogens is 4. The van der Waals surface area contributed by atoms with Crippen molar-refractivity contribution in [2.24, 2.45) is 5.73 Å². The fourth-order valence-electron chi connectivity index (χ4n) is 3.69. The number of carboxylic acid groups (broad SMARTS) is 1. The van der Waals surface area contributed by atoms with Gasteiger partial charge in [-0.1, -0.05) is 35.9 Å². The van der Waals surface area contributed by atoms with E-state index in [0.717, 1.165) is 5.56 Å². The van der Waals surface area contributed by atoms with Crippen LogP contribution in [0.5, 0.6) is 0 Å². The van der Waals surface area contributed by atoms with Gasteiger partial charge in [0.1, 0.15) is 28.9 Å². The van der Waals surface area contributed by atoms with Crippen LogP contribution in [0.15, 0.2) is 67.1 Å². The highest BCUT2D eigenvalue weighted by atomic mass is 35.5. The molecule has 4 rings (SSSR count). The van der Waals surface area contributed by atoms with Crippen LogP contribution in [0.1, 0.15) is 22.5 Å². The Morgan fingerprint density at radius 2 is 1.89 bits per heavy atom. The molecule has 0 radical (unpaired) electrons. The predicted molar refractivity (Wildman–Crippen MR) is 132 cm³/mol. The van der Waals surface area contributed by atoms with Crippen molar-refractivity contribution >= 4 is 23.5 Å². The number of aliphatic carboxylic acids is 1. The maximum absolute atomic E-state index is 14.2. The molecule has 0 aliphatic heterocycles. The van der Waals surface area contributed by atoms with Gasteiger partial charge in [-0.3, -0.25) is 24.7 Å². The quantitative estimate of drug-likeness (QED) is 0.270. The van der Waals surface area contributed by atoms with Gasteiger partial charge in [-0.05, 0) is 48.2 Å². The predicted octanol–water partition coefficient (Wildman–Crippen LogP) is 3.47. The third-order valence-electron chi connectivity index (χ3n) is 5.51. The first kappa shape index (κ1) is 25.0. The summed E-state index contributed by atoms with van der Waals surface area (Å²) in [5.41, 5.74) is 8.67. The summed E-state index contributed by atoms with van der Waals surface area (Å²) in [5.74, 6) is -2.05. The third-order valence-corrected chi connectivity index (χ3v) is 5.75. The molecule has 0 aliphatic carbocycles. The van der Waals surface area contributed by atoms with Crippen molar-refractivity contribution < 1.29 is 19.1 Å². The molecule has 9 nitrogen and oxygen atoms in total. The van der Waals surface area contributed by atoms with Crippen LogP contribution >= 0.6 is 11.6 Å². The highest BCUT2D eigenvalue weighted by Gasteiger charge is 2.23. The van der Waals surface area contributed by atoms with E-state index in [2.05, 4.69) is 25.5 Å². The average Bonchev–Trinajstić information content (AvgIpc) is 3.37. The van der Waals surface area contributed by atoms with E-state index in [4.69, 9.17) is 17.3 Å². The standard InChI is InChI=1S/C25H22ClFN6O3/c26-16-5-6-19(27)18(10-16)15-3-1-14(2-4-15)9-17(11-20(28)25(35)36)31-24(34)22-12-21(32-33-22)23-13-29-7-8-30-23/h1-8,10,12-13,17,20H,9,11,28H2,(H,31,34)(H,32,33)(H,35,36). The van der Waals surface area contributed by atoms with Crippen molar-refractivity contribution in [1.29, 1.82) is 0 Å². The number of rotatable bonds is 9. The molecule has 2 aromatic heterocycles. The number of hydrogen-bond acceptors (Lipinski definition) is 6. The van der Waals surface area contributed by atoms with Gasteiger partial charge in [0.05, 0.1) is 6.20 Å². The van der Waals surface area contributed by atoms with E-state index >= 15 is 0 Å². The van der Waals surface area contributed by atoms with Crippen LogP contribution in [0.3, 0.4) is 0 Å². The molecular weight excluding hydrogens is 487 g/mol. The number of halogens is 2. The molecule has 0 fully saturated rings. The van der Waals surface area contributed by atoms with Crippen molar-refractivity contribution in [2.75, 3.05) is 0 Å². The van der Waals surface area contributed by atoms with Gasteiger partial charge >= 0.3 is 5.97 Å². The Morgan fingerprint density at radius 3 is 2.58 bits per heavy atom. The number of amides is 1. The van der Waals surface area contributed by atoms with E-state index in [9.17, 15) is 19.1 Å². The molecule has 1 amide bonds. The maximum atomic E-state index is 14.2. The number of benzene rings is 2. The molecule has 5 N–H and O–H groups in total. The molecule has 2 unspecified atom stereocenters. The lowest BCUT2D eigenvalue weighted by atomic mass is 9.97. The number of carboxylic acids is 1. The molecule has 0 bridgehead atoms. The number of carbonyl (C=O) groups excluding carboxylic acids is 1. The van der Waals surface area contributed by atoms with E-state index in [1.54, 1.807) is 30.3 Å². The number of H-pyrrole nitrogens is 1. The van der Waals surface area contributed by atoms with Crippen molar-refractivity contribution in [1.82, 2.24) is 25.5 Å². The van der Waals surface area contributed by atoms with Crippen molar-refractivity contribution in [3.8, 4) is 22.5 Å². The average molecular weight is 509 g/mol. The smallest absolute Gasteiger partial charge is 0.320 e. The summed E-state index contributed by atoms with van der Waals surface area (Å²) in [6.45, 7) is 0. The summed E-state index contributed by atoms with van der Waals surface area (Å²) < 4.78 is 14.2. The minimum absolute atomic E-state index is 0.00307. The lowest BCUT2D eigenvalue weighted by molar-refractivity contribution is -0.138. The van der Waals surface area contributed by atoms with E-state index in [1.807, 2.05) is 0 Å². The van der Waals surface area contributed by atoms with Gasteiger partial charge in [0.25, 0.3) is 5.91 Å². The zero-order valence-electron chi connectivity index (χ0n) is 18.9. The van der Waals surface area contributed by atoms with Crippen LogP contribution < -0.4 is 11.1 Å². The molecule has 0 spiro atoms. The Hall–Kier alpha value is -4.15. The minimum Gasteiger partial charge on any atom is -0.480 e. The van der Waals surface area contributed by atoms with Gasteiger partial charge in [0, 0.05) is 29.0 Å². The molecule has 0 aliphatic rings. The van der Waals surface area contributed by atoms with Gasteiger partial charge in [-0.2, -0.15) is 5.10 Å². The van der Waals surface area contributed by atoms with E-state index < -0.39 is 29.8 Å². The molecule has 0 saturated carbocycles. The Labute approximate surface area is 210 Å². The van der Waals surface area contributed by atoms with Gasteiger partial charge in [0.15, 0.2) is 0 Å². The molecule has 184 valence electrons. The topological polar surface area (TPSA) is 147 Å². The summed E-state index contributed by atoms with van der Waals surface area (Å²) >= 11 is 6.00. The molecule has 36 heavy (non-hydrogen) atoms. The van der Waals surface area contributed by atoms with Gasteiger partial charge in [-0.15, -0.1) is 0 Å². The van der Waals surface area contributed by atoms with Gasteiger partial charge < -0.3 is 16.2 Å². The van der Waals surface area contributed by atoms with Crippen molar-refractivity contribution in [3.05, 3.63) is 89.2 Å². The molecular formula is C25H22ClFN6O3. The SMILES string of the molecule is NC(CC(Cc1ccc(-c2cc(Cl)ccc2F)cc1)NC(=O)c1cc(-c2cnccn2)n[nH]1)C(=O)O. The Balaban J connectivity index is 1.50. The van der Waals surface area contributed by atoms with Gasteiger partial charge in [-0.25, -0.2) is 4.39 Å². The largest absolute Gasteiger partial charge is 0.480 e. The molecule has 2 atom stereocenters. The van der Waals surface area contributed by atoms with Gasteiger partial charge in [0.2, 0.25) is 0 Å². The summed E-state index contributed by atoms with van der Waals surface area (Å²) in [6.07, 6.45) is 4.86. The monoisotopic (exact) mass is 508 g/mol. The van der Waals surface area contributed by atoms with Crippen LogP contribution in [-0.4, -0.2) is 49.2 Å².